The van der Waals surface area contributed by atoms with Gasteiger partial charge in [0.1, 0.15) is 5.60 Å². The van der Waals surface area contributed by atoms with E-state index in [9.17, 15) is 4.79 Å². The van der Waals surface area contributed by atoms with Crippen molar-refractivity contribution < 1.29 is 28.5 Å². The van der Waals surface area contributed by atoms with Crippen LogP contribution >= 0.6 is 0 Å². The zero-order valence-corrected chi connectivity index (χ0v) is 24.9. The van der Waals surface area contributed by atoms with E-state index in [4.69, 9.17) is 23.7 Å². The van der Waals surface area contributed by atoms with Gasteiger partial charge in [-0.05, 0) is 85.0 Å². The maximum atomic E-state index is 13.4. The molecule has 4 atom stereocenters. The lowest BCUT2D eigenvalue weighted by atomic mass is 9.50. The molecule has 6 aliphatic carbocycles. The van der Waals surface area contributed by atoms with Crippen LogP contribution in [0.3, 0.4) is 0 Å². The Hall–Kier alpha value is -0.690. The molecule has 4 unspecified atom stereocenters. The Morgan fingerprint density at radius 1 is 0.737 bits per heavy atom. The van der Waals surface area contributed by atoms with Crippen LogP contribution in [0.1, 0.15) is 144 Å². The van der Waals surface area contributed by atoms with Gasteiger partial charge < -0.3 is 23.7 Å². The van der Waals surface area contributed by atoms with E-state index in [0.29, 0.717) is 18.1 Å². The van der Waals surface area contributed by atoms with Gasteiger partial charge in [0.25, 0.3) is 0 Å². The summed E-state index contributed by atoms with van der Waals surface area (Å²) in [6, 6.07) is 0. The van der Waals surface area contributed by atoms with E-state index in [1.807, 2.05) is 13.8 Å². The molecule has 218 valence electrons. The Morgan fingerprint density at radius 3 is 1.61 bits per heavy atom. The normalized spacial score (nSPS) is 37.8. The average Bonchev–Trinajstić information content (AvgIpc) is 2.83. The van der Waals surface area contributed by atoms with Gasteiger partial charge in [0.15, 0.2) is 12.6 Å². The number of hydrogen-bond donors (Lipinski definition) is 0. The highest BCUT2D eigenvalue weighted by Crippen LogP contribution is 2.63. The number of carbonyl (C=O) groups excluding carboxylic acids is 1. The summed E-state index contributed by atoms with van der Waals surface area (Å²) in [5.74, 6) is 0.317. The maximum absolute atomic E-state index is 13.4. The van der Waals surface area contributed by atoms with Crippen LogP contribution in [0.4, 0.5) is 0 Å². The predicted octanol–water partition coefficient (Wildman–Crippen LogP) is 7.60. The monoisotopic (exact) mass is 534 g/mol. The van der Waals surface area contributed by atoms with E-state index in [1.54, 1.807) is 0 Å². The second-order valence-corrected chi connectivity index (χ2v) is 14.3. The molecule has 0 heterocycles. The molecule has 4 bridgehead atoms. The second-order valence-electron chi connectivity index (χ2n) is 14.3. The topological polar surface area (TPSA) is 63.2 Å². The first kappa shape index (κ1) is 28.8. The van der Waals surface area contributed by atoms with Crippen molar-refractivity contribution in [2.75, 3.05) is 0 Å². The number of carbonyl (C=O) groups is 1. The van der Waals surface area contributed by atoms with Gasteiger partial charge in [-0.3, -0.25) is 4.79 Å². The standard InChI is InChI=1S/C32H54O6/c1-6-29(4,5)28(33)38-32-19-25-17-30(21-32,36-23(2)34-26-13-9-7-10-14-26)20-31(18-25,22-32)37-24(3)35-27-15-11-8-12-16-27/h23-27H,6-22H2,1-5H3. The van der Waals surface area contributed by atoms with Crippen molar-refractivity contribution in [2.24, 2.45) is 11.3 Å². The molecule has 6 heteroatoms. The van der Waals surface area contributed by atoms with Gasteiger partial charge in [0, 0.05) is 19.3 Å². The number of hydrogen-bond acceptors (Lipinski definition) is 6. The lowest BCUT2D eigenvalue weighted by Crippen LogP contribution is -2.69. The third-order valence-electron chi connectivity index (χ3n) is 10.4. The molecule has 0 saturated heterocycles. The van der Waals surface area contributed by atoms with Crippen LogP contribution in [0.25, 0.3) is 0 Å². The molecule has 6 fully saturated rings. The van der Waals surface area contributed by atoms with Crippen LogP contribution in [0.2, 0.25) is 0 Å². The van der Waals surface area contributed by atoms with Gasteiger partial charge >= 0.3 is 5.97 Å². The molecule has 0 radical (unpaired) electrons. The minimum absolute atomic E-state index is 0.0924. The molecule has 6 aliphatic rings. The van der Waals surface area contributed by atoms with E-state index in [-0.39, 0.29) is 18.5 Å². The molecule has 0 amide bonds. The SMILES string of the molecule is CCC(C)(C)C(=O)OC12CC3CC(OC(C)OC4CCCCC4)(C1)CC(OC(C)OC1CCCCC1)(C3)C2. The van der Waals surface area contributed by atoms with Crippen LogP contribution in [-0.4, -0.2) is 47.6 Å². The molecule has 0 spiro atoms. The third-order valence-corrected chi connectivity index (χ3v) is 10.4. The third kappa shape index (κ3) is 6.44. The lowest BCUT2D eigenvalue weighted by molar-refractivity contribution is -0.341. The Kier molecular flexibility index (Phi) is 8.57. The van der Waals surface area contributed by atoms with Gasteiger partial charge in [-0.2, -0.15) is 0 Å². The van der Waals surface area contributed by atoms with Gasteiger partial charge in [0.2, 0.25) is 0 Å². The number of ether oxygens (including phenoxy) is 5. The first-order valence-electron chi connectivity index (χ1n) is 15.9. The summed E-state index contributed by atoms with van der Waals surface area (Å²) < 4.78 is 33.2. The van der Waals surface area contributed by atoms with E-state index in [2.05, 4.69) is 20.8 Å². The largest absolute Gasteiger partial charge is 0.458 e. The maximum Gasteiger partial charge on any atom is 0.312 e. The Morgan fingerprint density at radius 2 is 1.16 bits per heavy atom. The highest BCUT2D eigenvalue weighted by atomic mass is 16.7. The van der Waals surface area contributed by atoms with Crippen molar-refractivity contribution in [3.8, 4) is 0 Å². The van der Waals surface area contributed by atoms with E-state index >= 15 is 0 Å². The number of rotatable bonds is 11. The average molecular weight is 535 g/mol. The summed E-state index contributed by atoms with van der Waals surface area (Å²) in [6.07, 6.45) is 18.1. The first-order chi connectivity index (χ1) is 18.0. The quantitative estimate of drug-likeness (QED) is 0.201. The fourth-order valence-electron chi connectivity index (χ4n) is 8.74. The highest BCUT2D eigenvalue weighted by Gasteiger charge is 2.67. The number of esters is 1. The highest BCUT2D eigenvalue weighted by molar-refractivity contribution is 5.76. The summed E-state index contributed by atoms with van der Waals surface area (Å²) >= 11 is 0. The van der Waals surface area contributed by atoms with Crippen molar-refractivity contribution >= 4 is 5.97 Å². The summed E-state index contributed by atoms with van der Waals surface area (Å²) in [6.45, 7) is 10.2. The molecule has 6 saturated carbocycles. The summed E-state index contributed by atoms with van der Waals surface area (Å²) in [5.41, 5.74) is -1.83. The minimum Gasteiger partial charge on any atom is -0.458 e. The molecular weight excluding hydrogens is 480 g/mol. The van der Waals surface area contributed by atoms with Crippen LogP contribution < -0.4 is 0 Å². The van der Waals surface area contributed by atoms with E-state index < -0.39 is 22.2 Å². The van der Waals surface area contributed by atoms with Crippen LogP contribution in [0.5, 0.6) is 0 Å². The predicted molar refractivity (Wildman–Crippen MR) is 147 cm³/mol. The van der Waals surface area contributed by atoms with Crippen LogP contribution in [0.15, 0.2) is 0 Å². The molecule has 6 rings (SSSR count). The van der Waals surface area contributed by atoms with E-state index in [1.165, 1.54) is 38.5 Å². The fourth-order valence-corrected chi connectivity index (χ4v) is 8.74. The van der Waals surface area contributed by atoms with Crippen molar-refractivity contribution in [1.29, 1.82) is 0 Å². The Bertz CT molecular complexity index is 769. The molecule has 0 aromatic rings. The molecule has 6 nitrogen and oxygen atoms in total. The first-order valence-corrected chi connectivity index (χ1v) is 15.9. The molecule has 0 aliphatic heterocycles. The van der Waals surface area contributed by atoms with Crippen LogP contribution in [-0.2, 0) is 28.5 Å². The van der Waals surface area contributed by atoms with Gasteiger partial charge in [-0.15, -0.1) is 0 Å². The fraction of sp³-hybridized carbons (Fsp3) is 0.969. The zero-order valence-electron chi connectivity index (χ0n) is 24.9. The summed E-state index contributed by atoms with van der Waals surface area (Å²) in [5, 5.41) is 0. The summed E-state index contributed by atoms with van der Waals surface area (Å²) in [7, 11) is 0. The molecule has 0 aromatic carbocycles. The molecular formula is C32H54O6. The lowest BCUT2D eigenvalue weighted by Gasteiger charge is -2.65. The van der Waals surface area contributed by atoms with Crippen molar-refractivity contribution in [2.45, 2.75) is 185 Å². The van der Waals surface area contributed by atoms with Gasteiger partial charge in [-0.25, -0.2) is 0 Å². The minimum atomic E-state index is -0.544. The van der Waals surface area contributed by atoms with Gasteiger partial charge in [0.05, 0.1) is 28.8 Å². The molecule has 38 heavy (non-hydrogen) atoms. The van der Waals surface area contributed by atoms with Crippen molar-refractivity contribution in [3.05, 3.63) is 0 Å². The second kappa shape index (κ2) is 11.3. The molecule has 0 aromatic heterocycles. The van der Waals surface area contributed by atoms with Crippen molar-refractivity contribution in [1.82, 2.24) is 0 Å². The van der Waals surface area contributed by atoms with Crippen molar-refractivity contribution in [3.63, 3.8) is 0 Å². The van der Waals surface area contributed by atoms with Crippen LogP contribution in [0, 0.1) is 11.3 Å². The zero-order chi connectivity index (χ0) is 27.0. The molecule has 0 N–H and O–H groups in total. The summed E-state index contributed by atoms with van der Waals surface area (Å²) in [4.78, 5) is 13.4. The Labute approximate surface area is 231 Å². The van der Waals surface area contributed by atoms with E-state index in [0.717, 1.165) is 70.6 Å². The smallest absolute Gasteiger partial charge is 0.312 e. The Balaban J connectivity index is 1.34. The van der Waals surface area contributed by atoms with Gasteiger partial charge in [-0.1, -0.05) is 45.4 Å².